The topological polar surface area (TPSA) is 70.1 Å². The van der Waals surface area contributed by atoms with Gasteiger partial charge in [-0.2, -0.15) is 11.8 Å². The molecule has 2 heterocycles. The third kappa shape index (κ3) is 4.06. The van der Waals surface area contributed by atoms with Gasteiger partial charge in [0, 0.05) is 17.7 Å². The summed E-state index contributed by atoms with van der Waals surface area (Å²) in [6, 6.07) is 10.1. The maximum absolute atomic E-state index is 9.68. The number of aliphatic hydroxyl groups excluding tert-OH is 1. The lowest BCUT2D eigenvalue weighted by Crippen LogP contribution is -2.30. The van der Waals surface area contributed by atoms with Gasteiger partial charge in [-0.05, 0) is 31.4 Å². The summed E-state index contributed by atoms with van der Waals surface area (Å²) in [7, 11) is 0. The fourth-order valence-electron chi connectivity index (χ4n) is 2.86. The molecule has 1 aromatic carbocycles. The summed E-state index contributed by atoms with van der Waals surface area (Å²) in [6.07, 6.45) is 3.91. The van der Waals surface area contributed by atoms with Crippen molar-refractivity contribution in [2.24, 2.45) is 0 Å². The van der Waals surface area contributed by atoms with E-state index < -0.39 is 0 Å². The highest BCUT2D eigenvalue weighted by Gasteiger charge is 2.20. The van der Waals surface area contributed by atoms with Crippen LogP contribution >= 0.6 is 11.8 Å². The van der Waals surface area contributed by atoms with Crippen molar-refractivity contribution in [1.29, 1.82) is 0 Å². The van der Waals surface area contributed by atoms with Crippen molar-refractivity contribution < 1.29 is 5.11 Å². The Balaban J connectivity index is 1.94. The van der Waals surface area contributed by atoms with Crippen molar-refractivity contribution in [3.05, 3.63) is 41.6 Å². The maximum Gasteiger partial charge on any atom is 0.161 e. The highest BCUT2D eigenvalue weighted by Crippen LogP contribution is 2.25. The highest BCUT2D eigenvalue weighted by atomic mass is 32.2. The monoisotopic (exact) mass is 344 g/mol. The molecule has 0 saturated carbocycles. The zero-order valence-electron chi connectivity index (χ0n) is 14.0. The Morgan fingerprint density at radius 2 is 2.12 bits per heavy atom. The van der Waals surface area contributed by atoms with Gasteiger partial charge >= 0.3 is 0 Å². The summed E-state index contributed by atoms with van der Waals surface area (Å²) in [4.78, 5) is 9.54. The molecule has 1 aromatic heterocycles. The Morgan fingerprint density at radius 3 is 2.88 bits per heavy atom. The van der Waals surface area contributed by atoms with Crippen molar-refractivity contribution in [2.45, 2.75) is 25.4 Å². The zero-order chi connectivity index (χ0) is 16.8. The SMILES string of the molecule is CSCC[C@@H](CO)Nc1nc(-c2ccccc2)nc2c1CCNC2. The van der Waals surface area contributed by atoms with Gasteiger partial charge in [0.05, 0.1) is 18.3 Å². The highest BCUT2D eigenvalue weighted by molar-refractivity contribution is 7.98. The third-order valence-corrected chi connectivity index (χ3v) is 4.84. The molecule has 0 amide bonds. The second kappa shape index (κ2) is 8.46. The van der Waals surface area contributed by atoms with Crippen LogP contribution in [0.3, 0.4) is 0 Å². The Labute approximate surface area is 147 Å². The van der Waals surface area contributed by atoms with E-state index in [4.69, 9.17) is 9.97 Å². The van der Waals surface area contributed by atoms with E-state index in [1.165, 1.54) is 5.56 Å². The first-order valence-electron chi connectivity index (χ1n) is 8.34. The van der Waals surface area contributed by atoms with Crippen molar-refractivity contribution in [3.63, 3.8) is 0 Å². The first kappa shape index (κ1) is 17.2. The Bertz CT molecular complexity index is 666. The predicted octanol–water partition coefficient (Wildman–Crippen LogP) is 2.32. The van der Waals surface area contributed by atoms with Gasteiger partial charge in [-0.15, -0.1) is 0 Å². The molecule has 2 aromatic rings. The normalized spacial score (nSPS) is 14.9. The molecule has 1 aliphatic rings. The lowest BCUT2D eigenvalue weighted by molar-refractivity contribution is 0.272. The first-order valence-corrected chi connectivity index (χ1v) is 9.73. The van der Waals surface area contributed by atoms with E-state index in [2.05, 4.69) is 16.9 Å². The molecule has 24 heavy (non-hydrogen) atoms. The summed E-state index contributed by atoms with van der Waals surface area (Å²) >= 11 is 1.79. The largest absolute Gasteiger partial charge is 0.394 e. The van der Waals surface area contributed by atoms with Crippen LogP contribution in [-0.2, 0) is 13.0 Å². The number of benzene rings is 1. The third-order valence-electron chi connectivity index (χ3n) is 4.20. The van der Waals surface area contributed by atoms with Gasteiger partial charge in [-0.25, -0.2) is 9.97 Å². The zero-order valence-corrected chi connectivity index (χ0v) is 14.8. The van der Waals surface area contributed by atoms with E-state index in [0.29, 0.717) is 0 Å². The summed E-state index contributed by atoms with van der Waals surface area (Å²) in [5, 5.41) is 16.5. The first-order chi connectivity index (χ1) is 11.8. The van der Waals surface area contributed by atoms with Crippen molar-refractivity contribution in [2.75, 3.05) is 30.5 Å². The van der Waals surface area contributed by atoms with E-state index in [-0.39, 0.29) is 12.6 Å². The molecule has 0 bridgehead atoms. The van der Waals surface area contributed by atoms with Crippen LogP contribution in [0.25, 0.3) is 11.4 Å². The Morgan fingerprint density at radius 1 is 1.29 bits per heavy atom. The van der Waals surface area contributed by atoms with Gasteiger partial charge in [0.15, 0.2) is 5.82 Å². The van der Waals surface area contributed by atoms with Gasteiger partial charge < -0.3 is 15.7 Å². The second-order valence-electron chi connectivity index (χ2n) is 5.92. The predicted molar refractivity (Wildman–Crippen MR) is 100 cm³/mol. The number of nitrogens with zero attached hydrogens (tertiary/aromatic N) is 2. The molecule has 0 unspecified atom stereocenters. The number of rotatable bonds is 7. The number of hydrogen-bond acceptors (Lipinski definition) is 6. The molecular formula is C18H24N4OS. The molecule has 1 atom stereocenters. The number of aliphatic hydroxyl groups is 1. The molecule has 3 rings (SSSR count). The number of hydrogen-bond donors (Lipinski definition) is 3. The van der Waals surface area contributed by atoms with Crippen molar-refractivity contribution in [1.82, 2.24) is 15.3 Å². The molecule has 6 heteroatoms. The molecule has 0 aliphatic carbocycles. The van der Waals surface area contributed by atoms with Crippen LogP contribution in [-0.4, -0.2) is 46.3 Å². The van der Waals surface area contributed by atoms with Gasteiger partial charge in [-0.1, -0.05) is 30.3 Å². The second-order valence-corrected chi connectivity index (χ2v) is 6.90. The van der Waals surface area contributed by atoms with Gasteiger partial charge in [0.1, 0.15) is 5.82 Å². The molecule has 1 aliphatic heterocycles. The van der Waals surface area contributed by atoms with E-state index in [1.54, 1.807) is 11.8 Å². The number of fused-ring (bicyclic) bond motifs is 1. The standard InChI is InChI=1S/C18H24N4OS/c1-24-10-8-14(12-23)20-18-15-7-9-19-11-16(15)21-17(22-18)13-5-3-2-4-6-13/h2-6,14,19,23H,7-12H2,1H3,(H,20,21,22)/t14-/m0/s1. The summed E-state index contributed by atoms with van der Waals surface area (Å²) in [6.45, 7) is 1.81. The number of anilines is 1. The van der Waals surface area contributed by atoms with Crippen LogP contribution in [0.15, 0.2) is 30.3 Å². The minimum absolute atomic E-state index is 0.0231. The van der Waals surface area contributed by atoms with Crippen LogP contribution in [0.5, 0.6) is 0 Å². The van der Waals surface area contributed by atoms with E-state index in [0.717, 1.165) is 54.6 Å². The van der Waals surface area contributed by atoms with Crippen molar-refractivity contribution >= 4 is 17.6 Å². The summed E-state index contributed by atoms with van der Waals surface area (Å²) in [5.41, 5.74) is 3.24. The van der Waals surface area contributed by atoms with Crippen LogP contribution in [0.2, 0.25) is 0 Å². The smallest absolute Gasteiger partial charge is 0.161 e. The van der Waals surface area contributed by atoms with Crippen LogP contribution < -0.4 is 10.6 Å². The van der Waals surface area contributed by atoms with E-state index in [1.807, 2.05) is 30.3 Å². The Hall–Kier alpha value is -1.63. The minimum Gasteiger partial charge on any atom is -0.394 e. The maximum atomic E-state index is 9.68. The average Bonchev–Trinajstić information content (AvgIpc) is 2.65. The molecule has 0 fully saturated rings. The molecule has 128 valence electrons. The van der Waals surface area contributed by atoms with Crippen molar-refractivity contribution in [3.8, 4) is 11.4 Å². The van der Waals surface area contributed by atoms with Gasteiger partial charge in [0.25, 0.3) is 0 Å². The summed E-state index contributed by atoms with van der Waals surface area (Å²) < 4.78 is 0. The van der Waals surface area contributed by atoms with Gasteiger partial charge in [0.2, 0.25) is 0 Å². The molecule has 3 N–H and O–H groups in total. The average molecular weight is 344 g/mol. The van der Waals surface area contributed by atoms with E-state index in [9.17, 15) is 5.11 Å². The van der Waals surface area contributed by atoms with Crippen LogP contribution in [0, 0.1) is 0 Å². The van der Waals surface area contributed by atoms with E-state index >= 15 is 0 Å². The minimum atomic E-state index is 0.0231. The Kier molecular flexibility index (Phi) is 6.07. The molecule has 0 spiro atoms. The number of aromatic nitrogens is 2. The fourth-order valence-corrected chi connectivity index (χ4v) is 3.38. The quantitative estimate of drug-likeness (QED) is 0.716. The summed E-state index contributed by atoms with van der Waals surface area (Å²) in [5.74, 6) is 2.63. The molecule has 0 saturated heterocycles. The lowest BCUT2D eigenvalue weighted by Gasteiger charge is -2.24. The lowest BCUT2D eigenvalue weighted by atomic mass is 10.1. The van der Waals surface area contributed by atoms with Gasteiger partial charge in [-0.3, -0.25) is 0 Å². The number of thioether (sulfide) groups is 1. The molecule has 0 radical (unpaired) electrons. The number of nitrogens with one attached hydrogen (secondary N) is 2. The van der Waals surface area contributed by atoms with Crippen LogP contribution in [0.1, 0.15) is 17.7 Å². The molecule has 5 nitrogen and oxygen atoms in total. The van der Waals surface area contributed by atoms with Crippen LogP contribution in [0.4, 0.5) is 5.82 Å². The molecular weight excluding hydrogens is 320 g/mol. The fraction of sp³-hybridized carbons (Fsp3) is 0.444.